The molecule has 35 heavy (non-hydrogen) atoms. The van der Waals surface area contributed by atoms with Crippen LogP contribution in [0.25, 0.3) is 34.4 Å². The molecule has 0 heterocycles. The maximum atomic E-state index is 12.1. The van der Waals surface area contributed by atoms with Crippen molar-refractivity contribution in [3.8, 4) is 28.0 Å². The number of nitrogens with zero attached hydrogens (tertiary/aromatic N) is 2. The van der Waals surface area contributed by atoms with E-state index in [9.17, 15) is 20.2 Å². The third-order valence-electron chi connectivity index (χ3n) is 5.59. The Kier molecular flexibility index (Phi) is 6.55. The van der Waals surface area contributed by atoms with Crippen molar-refractivity contribution in [3.63, 3.8) is 0 Å². The van der Waals surface area contributed by atoms with Crippen molar-refractivity contribution in [3.05, 3.63) is 116 Å². The van der Waals surface area contributed by atoms with Gasteiger partial charge in [0.25, 0.3) is 5.69 Å². The summed E-state index contributed by atoms with van der Waals surface area (Å²) in [5.74, 6) is 0.613. The van der Waals surface area contributed by atoms with Gasteiger partial charge in [-0.15, -0.1) is 0 Å². The van der Waals surface area contributed by atoms with Crippen molar-refractivity contribution < 1.29 is 14.6 Å². The van der Waals surface area contributed by atoms with Crippen LogP contribution in [0.3, 0.4) is 0 Å². The summed E-state index contributed by atoms with van der Waals surface area (Å²) in [5.41, 5.74) is 9.68. The molecular weight excluding hydrogens is 446 g/mol. The molecule has 0 aliphatic carbocycles. The number of rotatable bonds is 7. The van der Waals surface area contributed by atoms with Crippen LogP contribution in [-0.2, 0) is 0 Å². The fourth-order valence-corrected chi connectivity index (χ4v) is 3.82. The topological polar surface area (TPSA) is 122 Å². The van der Waals surface area contributed by atoms with Gasteiger partial charge < -0.3 is 10.5 Å². The molecule has 0 saturated heterocycles. The van der Waals surface area contributed by atoms with E-state index < -0.39 is 9.85 Å². The molecule has 2 N–H and O–H groups in total. The molecule has 0 atom stereocenters. The van der Waals surface area contributed by atoms with Crippen molar-refractivity contribution in [2.24, 2.45) is 0 Å². The summed E-state index contributed by atoms with van der Waals surface area (Å²) in [4.78, 5) is 22.3. The fraction of sp³-hybridized carbons (Fsp3) is 0.0370. The summed E-state index contributed by atoms with van der Waals surface area (Å²) >= 11 is 0. The quantitative estimate of drug-likeness (QED) is 0.141. The summed E-state index contributed by atoms with van der Waals surface area (Å²) in [5, 5.41) is 23.3. The highest BCUT2D eigenvalue weighted by atomic mass is 16.6. The van der Waals surface area contributed by atoms with Crippen LogP contribution in [0.4, 0.5) is 17.1 Å². The molecule has 174 valence electrons. The average Bonchev–Trinajstić information content (AvgIpc) is 2.88. The van der Waals surface area contributed by atoms with Crippen LogP contribution in [0.15, 0.2) is 84.9 Å². The third-order valence-corrected chi connectivity index (χ3v) is 5.59. The number of anilines is 1. The molecule has 0 aromatic heterocycles. The van der Waals surface area contributed by atoms with E-state index >= 15 is 0 Å². The number of non-ortho nitro benzene ring substituents is 1. The Morgan fingerprint density at radius 2 is 1.37 bits per heavy atom. The highest BCUT2D eigenvalue weighted by molar-refractivity contribution is 5.96. The zero-order valence-corrected chi connectivity index (χ0v) is 18.8. The Morgan fingerprint density at radius 3 is 1.94 bits per heavy atom. The molecule has 8 heteroatoms. The number of nitro benzene ring substituents is 2. The molecule has 0 aliphatic heterocycles. The first-order valence-electron chi connectivity index (χ1n) is 10.6. The summed E-state index contributed by atoms with van der Waals surface area (Å²) in [6.45, 7) is 0. The lowest BCUT2D eigenvalue weighted by atomic mass is 9.90. The summed E-state index contributed by atoms with van der Waals surface area (Å²) in [6.07, 6.45) is 3.55. The van der Waals surface area contributed by atoms with Crippen molar-refractivity contribution >= 4 is 29.2 Å². The van der Waals surface area contributed by atoms with E-state index in [1.54, 1.807) is 48.5 Å². The van der Waals surface area contributed by atoms with Gasteiger partial charge in [0.1, 0.15) is 11.4 Å². The zero-order chi connectivity index (χ0) is 24.9. The Morgan fingerprint density at radius 1 is 0.771 bits per heavy atom. The van der Waals surface area contributed by atoms with Crippen LogP contribution >= 0.6 is 0 Å². The first-order chi connectivity index (χ1) is 16.9. The Balaban J connectivity index is 1.97. The van der Waals surface area contributed by atoms with E-state index in [2.05, 4.69) is 0 Å². The molecule has 8 nitrogen and oxygen atoms in total. The lowest BCUT2D eigenvalue weighted by Gasteiger charge is -2.15. The van der Waals surface area contributed by atoms with Gasteiger partial charge in [0, 0.05) is 17.7 Å². The van der Waals surface area contributed by atoms with Gasteiger partial charge in [-0.25, -0.2) is 0 Å². The monoisotopic (exact) mass is 467 g/mol. The lowest BCUT2D eigenvalue weighted by Crippen LogP contribution is -2.03. The summed E-state index contributed by atoms with van der Waals surface area (Å²) in [6, 6.07) is 24.0. The number of hydrogen-bond donors (Lipinski definition) is 1. The molecule has 0 fully saturated rings. The highest BCUT2D eigenvalue weighted by Crippen LogP contribution is 2.43. The number of nitrogens with two attached hydrogens (primary N) is 1. The van der Waals surface area contributed by atoms with Crippen LogP contribution in [-0.4, -0.2) is 17.0 Å². The Hall–Kier alpha value is -4.98. The van der Waals surface area contributed by atoms with Crippen molar-refractivity contribution in [2.45, 2.75) is 0 Å². The van der Waals surface area contributed by atoms with Gasteiger partial charge in [-0.05, 0) is 52.6 Å². The molecule has 0 saturated carbocycles. The summed E-state index contributed by atoms with van der Waals surface area (Å²) < 4.78 is 5.20. The Bertz CT molecular complexity index is 1410. The van der Waals surface area contributed by atoms with Crippen molar-refractivity contribution in [1.82, 2.24) is 0 Å². The predicted octanol–water partition coefficient (Wildman–Crippen LogP) is 6.60. The largest absolute Gasteiger partial charge is 0.497 e. The first-order valence-corrected chi connectivity index (χ1v) is 10.6. The van der Waals surface area contributed by atoms with Gasteiger partial charge >= 0.3 is 5.69 Å². The van der Waals surface area contributed by atoms with E-state index in [1.807, 2.05) is 36.4 Å². The van der Waals surface area contributed by atoms with Gasteiger partial charge in [-0.1, -0.05) is 54.6 Å². The zero-order valence-electron chi connectivity index (χ0n) is 18.8. The minimum atomic E-state index is -0.492. The first kappa shape index (κ1) is 23.2. The van der Waals surface area contributed by atoms with Crippen molar-refractivity contribution in [2.75, 3.05) is 12.8 Å². The number of benzene rings is 4. The molecule has 4 rings (SSSR count). The minimum absolute atomic E-state index is 0.00357. The third kappa shape index (κ3) is 4.86. The van der Waals surface area contributed by atoms with E-state index in [4.69, 9.17) is 10.5 Å². The maximum absolute atomic E-state index is 12.1. The maximum Gasteiger partial charge on any atom is 0.300 e. The number of nitrogen functional groups attached to an aromatic ring is 1. The lowest BCUT2D eigenvalue weighted by molar-refractivity contribution is -0.384. The molecule has 0 bridgehead atoms. The summed E-state index contributed by atoms with van der Waals surface area (Å²) in [7, 11) is 1.54. The SMILES string of the molecule is COc1ccc(-c2cc(-c3ccc([N+](=O)[O-])cc3)c(C=Cc3ccccc3)c(N)c2[N+](=O)[O-])cc1. The number of ether oxygens (including phenoxy) is 1. The van der Waals surface area contributed by atoms with Crippen LogP contribution < -0.4 is 10.5 Å². The molecule has 0 aliphatic rings. The normalized spacial score (nSPS) is 10.9. The molecule has 0 amide bonds. The molecule has 0 spiro atoms. The van der Waals surface area contributed by atoms with E-state index in [-0.39, 0.29) is 17.1 Å². The number of methoxy groups -OCH3 is 1. The second-order valence-electron chi connectivity index (χ2n) is 7.68. The molecular formula is C27H21N3O5. The minimum Gasteiger partial charge on any atom is -0.497 e. The van der Waals surface area contributed by atoms with Gasteiger partial charge in [0.2, 0.25) is 0 Å². The van der Waals surface area contributed by atoms with E-state index in [0.29, 0.717) is 33.6 Å². The van der Waals surface area contributed by atoms with Crippen LogP contribution in [0.2, 0.25) is 0 Å². The highest BCUT2D eigenvalue weighted by Gasteiger charge is 2.25. The molecule has 0 radical (unpaired) electrons. The van der Waals surface area contributed by atoms with E-state index in [0.717, 1.165) is 5.56 Å². The standard InChI is InChI=1S/C27H21N3O5/c1-35-22-14-10-20(11-15-22)25-17-24(19-8-12-21(13-9-19)29(31)32)23(26(28)27(25)30(33)34)16-7-18-5-3-2-4-6-18/h2-17H,28H2,1H3. The predicted molar refractivity (Wildman–Crippen MR) is 137 cm³/mol. The second kappa shape index (κ2) is 9.88. The average molecular weight is 467 g/mol. The smallest absolute Gasteiger partial charge is 0.300 e. The van der Waals surface area contributed by atoms with Crippen LogP contribution in [0, 0.1) is 20.2 Å². The molecule has 4 aromatic rings. The number of hydrogen-bond acceptors (Lipinski definition) is 6. The van der Waals surface area contributed by atoms with Gasteiger partial charge in [0.15, 0.2) is 0 Å². The van der Waals surface area contributed by atoms with Crippen LogP contribution in [0.1, 0.15) is 11.1 Å². The van der Waals surface area contributed by atoms with Crippen LogP contribution in [0.5, 0.6) is 5.75 Å². The molecule has 0 unspecified atom stereocenters. The number of nitro groups is 2. The molecule has 4 aromatic carbocycles. The fourth-order valence-electron chi connectivity index (χ4n) is 3.82. The van der Waals surface area contributed by atoms with E-state index in [1.165, 1.54) is 19.2 Å². The second-order valence-corrected chi connectivity index (χ2v) is 7.68. The van der Waals surface area contributed by atoms with Crippen molar-refractivity contribution in [1.29, 1.82) is 0 Å². The van der Waals surface area contributed by atoms with Gasteiger partial charge in [-0.2, -0.15) is 0 Å². The van der Waals surface area contributed by atoms with Gasteiger partial charge in [-0.3, -0.25) is 20.2 Å². The van der Waals surface area contributed by atoms with Gasteiger partial charge in [0.05, 0.1) is 22.5 Å². The Labute approximate surface area is 201 Å².